The maximum absolute atomic E-state index is 11.8. The van der Waals surface area contributed by atoms with Crippen molar-refractivity contribution in [2.45, 2.75) is 46.2 Å². The highest BCUT2D eigenvalue weighted by molar-refractivity contribution is 7.12. The van der Waals surface area contributed by atoms with E-state index in [9.17, 15) is 9.59 Å². The molecule has 0 atom stereocenters. The molecule has 1 heterocycles. The van der Waals surface area contributed by atoms with E-state index in [1.165, 1.54) is 11.3 Å². The summed E-state index contributed by atoms with van der Waals surface area (Å²) in [6, 6.07) is 4.53. The van der Waals surface area contributed by atoms with Crippen LogP contribution in [0.15, 0.2) is 17.5 Å². The molecule has 0 fully saturated rings. The van der Waals surface area contributed by atoms with Gasteiger partial charge in [-0.15, -0.1) is 11.3 Å². The quantitative estimate of drug-likeness (QED) is 0.731. The Morgan fingerprint density at radius 3 is 2.36 bits per heavy atom. The lowest BCUT2D eigenvalue weighted by Gasteiger charge is -2.30. The van der Waals surface area contributed by atoms with Gasteiger partial charge in [0.1, 0.15) is 0 Å². The summed E-state index contributed by atoms with van der Waals surface area (Å²) in [7, 11) is 0. The second-order valence-corrected chi connectivity index (χ2v) is 6.71. The first kappa shape index (κ1) is 18.6. The van der Waals surface area contributed by atoms with Gasteiger partial charge in [-0.1, -0.05) is 6.07 Å². The normalized spacial score (nSPS) is 11.2. The van der Waals surface area contributed by atoms with Crippen LogP contribution in [0.2, 0.25) is 0 Å². The first-order chi connectivity index (χ1) is 10.4. The number of nitrogens with zero attached hydrogens (tertiary/aromatic N) is 1. The van der Waals surface area contributed by atoms with Crippen molar-refractivity contribution in [1.29, 1.82) is 0 Å². The number of thiophene rings is 1. The van der Waals surface area contributed by atoms with Crippen LogP contribution in [-0.4, -0.2) is 48.4 Å². The Hall–Kier alpha value is -1.40. The van der Waals surface area contributed by atoms with E-state index < -0.39 is 0 Å². The standard InChI is InChI=1S/C16H27N3O2S/c1-12(2)19(13(3)4)10-9-17-15(20)7-8-18-16(21)14-6-5-11-22-14/h5-6,11-13H,7-10H2,1-4H3,(H,17,20)(H,18,21). The second kappa shape index (κ2) is 9.58. The van der Waals surface area contributed by atoms with Crippen LogP contribution in [0.1, 0.15) is 43.8 Å². The average Bonchev–Trinajstić information content (AvgIpc) is 2.96. The molecule has 0 aliphatic heterocycles. The zero-order valence-corrected chi connectivity index (χ0v) is 14.7. The predicted molar refractivity (Wildman–Crippen MR) is 91.3 cm³/mol. The van der Waals surface area contributed by atoms with Crippen LogP contribution in [0.25, 0.3) is 0 Å². The molecule has 22 heavy (non-hydrogen) atoms. The van der Waals surface area contributed by atoms with Crippen molar-refractivity contribution < 1.29 is 9.59 Å². The van der Waals surface area contributed by atoms with E-state index in [1.807, 2.05) is 11.4 Å². The number of amides is 2. The first-order valence-electron chi connectivity index (χ1n) is 7.76. The molecular formula is C16H27N3O2S. The summed E-state index contributed by atoms with van der Waals surface area (Å²) in [5.74, 6) is -0.146. The summed E-state index contributed by atoms with van der Waals surface area (Å²) < 4.78 is 0. The molecule has 2 N–H and O–H groups in total. The van der Waals surface area contributed by atoms with Gasteiger partial charge >= 0.3 is 0 Å². The molecule has 1 aromatic heterocycles. The molecule has 1 rings (SSSR count). The number of nitrogens with one attached hydrogen (secondary N) is 2. The van der Waals surface area contributed by atoms with E-state index in [1.54, 1.807) is 6.07 Å². The molecular weight excluding hydrogens is 298 g/mol. The van der Waals surface area contributed by atoms with Crippen LogP contribution in [-0.2, 0) is 4.79 Å². The molecule has 0 saturated carbocycles. The average molecular weight is 325 g/mol. The van der Waals surface area contributed by atoms with Gasteiger partial charge in [0.15, 0.2) is 0 Å². The maximum atomic E-state index is 11.8. The lowest BCUT2D eigenvalue weighted by Crippen LogP contribution is -2.42. The molecule has 5 nitrogen and oxygen atoms in total. The van der Waals surface area contributed by atoms with Crippen LogP contribution in [0, 0.1) is 0 Å². The SMILES string of the molecule is CC(C)N(CCNC(=O)CCNC(=O)c1cccs1)C(C)C. The summed E-state index contributed by atoms with van der Waals surface area (Å²) in [5, 5.41) is 7.51. The lowest BCUT2D eigenvalue weighted by atomic mass is 10.2. The fourth-order valence-electron chi connectivity index (χ4n) is 2.31. The molecule has 0 aliphatic rings. The molecule has 124 valence electrons. The minimum Gasteiger partial charge on any atom is -0.355 e. The Bertz CT molecular complexity index is 450. The molecule has 0 radical (unpaired) electrons. The molecule has 1 aromatic rings. The number of hydrogen-bond acceptors (Lipinski definition) is 4. The van der Waals surface area contributed by atoms with Gasteiger partial charge in [0, 0.05) is 38.1 Å². The van der Waals surface area contributed by atoms with Gasteiger partial charge in [-0.3, -0.25) is 14.5 Å². The number of hydrogen-bond donors (Lipinski definition) is 2. The summed E-state index contributed by atoms with van der Waals surface area (Å²) in [4.78, 5) is 26.5. The number of carbonyl (C=O) groups excluding carboxylic acids is 2. The van der Waals surface area contributed by atoms with E-state index in [2.05, 4.69) is 43.2 Å². The highest BCUT2D eigenvalue weighted by Gasteiger charge is 2.13. The molecule has 0 saturated heterocycles. The van der Waals surface area contributed by atoms with E-state index in [4.69, 9.17) is 0 Å². The van der Waals surface area contributed by atoms with Crippen molar-refractivity contribution in [2.75, 3.05) is 19.6 Å². The van der Waals surface area contributed by atoms with Crippen LogP contribution < -0.4 is 10.6 Å². The summed E-state index contributed by atoms with van der Waals surface area (Å²) in [5.41, 5.74) is 0. The zero-order valence-electron chi connectivity index (χ0n) is 13.9. The Labute approximate surface area is 137 Å². The molecule has 0 aromatic carbocycles. The van der Waals surface area contributed by atoms with E-state index in [0.29, 0.717) is 36.5 Å². The van der Waals surface area contributed by atoms with Gasteiger partial charge in [0.05, 0.1) is 4.88 Å². The highest BCUT2D eigenvalue weighted by atomic mass is 32.1. The van der Waals surface area contributed by atoms with Gasteiger partial charge in [-0.25, -0.2) is 0 Å². The van der Waals surface area contributed by atoms with Crippen molar-refractivity contribution in [1.82, 2.24) is 15.5 Å². The largest absolute Gasteiger partial charge is 0.355 e. The summed E-state index contributed by atoms with van der Waals surface area (Å²) >= 11 is 1.39. The van der Waals surface area contributed by atoms with Crippen molar-refractivity contribution in [3.05, 3.63) is 22.4 Å². The number of carbonyl (C=O) groups is 2. The fourth-order valence-corrected chi connectivity index (χ4v) is 2.95. The monoisotopic (exact) mass is 325 g/mol. The van der Waals surface area contributed by atoms with Gasteiger partial charge in [-0.05, 0) is 39.1 Å². The minimum absolute atomic E-state index is 0.0288. The third-order valence-electron chi connectivity index (χ3n) is 3.40. The smallest absolute Gasteiger partial charge is 0.261 e. The topological polar surface area (TPSA) is 61.4 Å². The maximum Gasteiger partial charge on any atom is 0.261 e. The van der Waals surface area contributed by atoms with E-state index >= 15 is 0 Å². The molecule has 0 bridgehead atoms. The molecule has 2 amide bonds. The summed E-state index contributed by atoms with van der Waals surface area (Å²) in [6.07, 6.45) is 0.306. The predicted octanol–water partition coefficient (Wildman–Crippen LogP) is 2.10. The first-order valence-corrected chi connectivity index (χ1v) is 8.64. The Morgan fingerprint density at radius 2 is 1.82 bits per heavy atom. The van der Waals surface area contributed by atoms with Crippen molar-refractivity contribution >= 4 is 23.2 Å². The Kier molecular flexibility index (Phi) is 8.12. The zero-order chi connectivity index (χ0) is 16.5. The van der Waals surface area contributed by atoms with Crippen LogP contribution >= 0.6 is 11.3 Å². The van der Waals surface area contributed by atoms with Gasteiger partial charge < -0.3 is 10.6 Å². The number of rotatable bonds is 9. The van der Waals surface area contributed by atoms with Crippen molar-refractivity contribution in [3.8, 4) is 0 Å². The third kappa shape index (κ3) is 6.58. The van der Waals surface area contributed by atoms with Crippen molar-refractivity contribution in [3.63, 3.8) is 0 Å². The van der Waals surface area contributed by atoms with Crippen LogP contribution in [0.3, 0.4) is 0 Å². The Morgan fingerprint density at radius 1 is 1.14 bits per heavy atom. The minimum atomic E-state index is -0.117. The van der Waals surface area contributed by atoms with Crippen LogP contribution in [0.5, 0.6) is 0 Å². The third-order valence-corrected chi connectivity index (χ3v) is 4.27. The lowest BCUT2D eigenvalue weighted by molar-refractivity contribution is -0.121. The molecule has 0 aliphatic carbocycles. The molecule has 0 unspecified atom stereocenters. The van der Waals surface area contributed by atoms with Crippen molar-refractivity contribution in [2.24, 2.45) is 0 Å². The van der Waals surface area contributed by atoms with Gasteiger partial charge in [0.2, 0.25) is 5.91 Å². The molecule has 6 heteroatoms. The molecule has 0 spiro atoms. The Balaban J connectivity index is 2.17. The van der Waals surface area contributed by atoms with Crippen LogP contribution in [0.4, 0.5) is 0 Å². The summed E-state index contributed by atoms with van der Waals surface area (Å²) in [6.45, 7) is 10.4. The second-order valence-electron chi connectivity index (χ2n) is 5.76. The van der Waals surface area contributed by atoms with Gasteiger partial charge in [-0.2, -0.15) is 0 Å². The van der Waals surface area contributed by atoms with E-state index in [0.717, 1.165) is 6.54 Å². The fraction of sp³-hybridized carbons (Fsp3) is 0.625. The van der Waals surface area contributed by atoms with Gasteiger partial charge in [0.25, 0.3) is 5.91 Å². The van der Waals surface area contributed by atoms with E-state index in [-0.39, 0.29) is 11.8 Å². The highest BCUT2D eigenvalue weighted by Crippen LogP contribution is 2.07.